The molecule has 0 bridgehead atoms. The number of hydrogen-bond acceptors (Lipinski definition) is 3. The zero-order chi connectivity index (χ0) is 12.3. The summed E-state index contributed by atoms with van der Waals surface area (Å²) in [6.45, 7) is 2.68. The van der Waals surface area contributed by atoms with Gasteiger partial charge in [0.05, 0.1) is 17.7 Å². The fourth-order valence-electron chi connectivity index (χ4n) is 2.05. The highest BCUT2D eigenvalue weighted by atomic mass is 35.5. The van der Waals surface area contributed by atoms with E-state index in [1.807, 2.05) is 0 Å². The second kappa shape index (κ2) is 5.78. The van der Waals surface area contributed by atoms with Crippen LogP contribution in [0.1, 0.15) is 11.7 Å². The zero-order valence-corrected chi connectivity index (χ0v) is 10.2. The van der Waals surface area contributed by atoms with Crippen molar-refractivity contribution >= 4 is 11.6 Å². The summed E-state index contributed by atoms with van der Waals surface area (Å²) in [6.07, 6.45) is -0.165. The van der Waals surface area contributed by atoms with Crippen molar-refractivity contribution in [3.63, 3.8) is 0 Å². The van der Waals surface area contributed by atoms with Gasteiger partial charge in [-0.05, 0) is 24.2 Å². The summed E-state index contributed by atoms with van der Waals surface area (Å²) in [6, 6.07) is 4.78. The molecule has 1 fully saturated rings. The second-order valence-corrected chi connectivity index (χ2v) is 4.57. The Morgan fingerprint density at radius 3 is 3.06 bits per heavy atom. The molecule has 5 heteroatoms. The predicted octanol–water partition coefficient (Wildman–Crippen LogP) is 1.71. The molecule has 1 saturated heterocycles. The van der Waals surface area contributed by atoms with E-state index in [4.69, 9.17) is 22.1 Å². The summed E-state index contributed by atoms with van der Waals surface area (Å²) in [5.41, 5.74) is 6.53. The average Bonchev–Trinajstić information content (AvgIpc) is 2.57. The fourth-order valence-corrected chi connectivity index (χ4v) is 2.17. The lowest BCUT2D eigenvalue weighted by molar-refractivity contribution is 0.0330. The van der Waals surface area contributed by atoms with Crippen LogP contribution in [-0.2, 0) is 4.74 Å². The van der Waals surface area contributed by atoms with Gasteiger partial charge in [0.25, 0.3) is 0 Å². The van der Waals surface area contributed by atoms with Crippen molar-refractivity contribution in [3.8, 4) is 0 Å². The minimum absolute atomic E-state index is 0.129. The number of nitrogens with one attached hydrogen (secondary N) is 1. The summed E-state index contributed by atoms with van der Waals surface area (Å²) in [5.74, 6) is -0.265. The maximum atomic E-state index is 13.4. The molecular formula is C12H16ClFN2O. The first-order valence-corrected chi connectivity index (χ1v) is 6.07. The van der Waals surface area contributed by atoms with E-state index in [1.165, 1.54) is 6.07 Å². The molecule has 0 saturated carbocycles. The predicted molar refractivity (Wildman–Crippen MR) is 65.5 cm³/mol. The third kappa shape index (κ3) is 2.96. The van der Waals surface area contributed by atoms with Crippen molar-refractivity contribution in [2.24, 2.45) is 11.7 Å². The van der Waals surface area contributed by atoms with Crippen LogP contribution in [0.3, 0.4) is 0 Å². The zero-order valence-electron chi connectivity index (χ0n) is 9.46. The third-order valence-corrected chi connectivity index (χ3v) is 3.29. The van der Waals surface area contributed by atoms with E-state index in [9.17, 15) is 4.39 Å². The van der Waals surface area contributed by atoms with Crippen LogP contribution in [0.15, 0.2) is 18.2 Å². The lowest BCUT2D eigenvalue weighted by Crippen LogP contribution is -2.30. The summed E-state index contributed by atoms with van der Waals surface area (Å²) in [4.78, 5) is 0. The van der Waals surface area contributed by atoms with Crippen molar-refractivity contribution in [2.75, 3.05) is 26.2 Å². The van der Waals surface area contributed by atoms with Crippen LogP contribution in [0.25, 0.3) is 0 Å². The van der Waals surface area contributed by atoms with Crippen molar-refractivity contribution in [1.29, 1.82) is 0 Å². The van der Waals surface area contributed by atoms with Crippen LogP contribution >= 0.6 is 11.6 Å². The van der Waals surface area contributed by atoms with Crippen molar-refractivity contribution < 1.29 is 9.13 Å². The molecule has 17 heavy (non-hydrogen) atoms. The number of ether oxygens (including phenoxy) is 1. The molecule has 1 aromatic carbocycles. The van der Waals surface area contributed by atoms with Gasteiger partial charge in [0.2, 0.25) is 0 Å². The average molecular weight is 259 g/mol. The van der Waals surface area contributed by atoms with E-state index in [1.54, 1.807) is 12.1 Å². The summed E-state index contributed by atoms with van der Waals surface area (Å²) in [5, 5.41) is 3.38. The van der Waals surface area contributed by atoms with Crippen molar-refractivity contribution in [1.82, 2.24) is 5.32 Å². The van der Waals surface area contributed by atoms with Crippen LogP contribution in [-0.4, -0.2) is 26.2 Å². The van der Waals surface area contributed by atoms with Gasteiger partial charge in [0.1, 0.15) is 5.82 Å². The highest BCUT2D eigenvalue weighted by Crippen LogP contribution is 2.29. The molecule has 0 aliphatic carbocycles. The van der Waals surface area contributed by atoms with Gasteiger partial charge in [-0.25, -0.2) is 4.39 Å². The Kier molecular flexibility index (Phi) is 4.34. The van der Waals surface area contributed by atoms with E-state index < -0.39 is 5.82 Å². The van der Waals surface area contributed by atoms with Gasteiger partial charge >= 0.3 is 0 Å². The minimum atomic E-state index is -0.416. The van der Waals surface area contributed by atoms with Crippen LogP contribution in [0.4, 0.5) is 4.39 Å². The van der Waals surface area contributed by atoms with E-state index in [2.05, 4.69) is 5.32 Å². The van der Waals surface area contributed by atoms with E-state index in [0.29, 0.717) is 13.2 Å². The molecule has 3 N–H and O–H groups in total. The highest BCUT2D eigenvalue weighted by Gasteiger charge is 2.25. The van der Waals surface area contributed by atoms with Crippen molar-refractivity contribution in [3.05, 3.63) is 34.6 Å². The van der Waals surface area contributed by atoms with Crippen LogP contribution in [0.2, 0.25) is 5.02 Å². The van der Waals surface area contributed by atoms with Gasteiger partial charge in [-0.1, -0.05) is 17.7 Å². The van der Waals surface area contributed by atoms with Gasteiger partial charge in [0, 0.05) is 19.0 Å². The smallest absolute Gasteiger partial charge is 0.142 e. The fraction of sp³-hybridized carbons (Fsp3) is 0.500. The Balaban J connectivity index is 2.25. The molecule has 1 aliphatic rings. The van der Waals surface area contributed by atoms with Crippen LogP contribution in [0, 0.1) is 11.7 Å². The van der Waals surface area contributed by atoms with Gasteiger partial charge in [-0.15, -0.1) is 0 Å². The largest absolute Gasteiger partial charge is 0.372 e. The highest BCUT2D eigenvalue weighted by molar-refractivity contribution is 6.30. The molecule has 1 aromatic rings. The number of nitrogens with two attached hydrogens (primary N) is 1. The van der Waals surface area contributed by atoms with E-state index in [-0.39, 0.29) is 17.0 Å². The number of benzene rings is 1. The Morgan fingerprint density at radius 1 is 1.53 bits per heavy atom. The lowest BCUT2D eigenvalue weighted by Gasteiger charge is -2.23. The van der Waals surface area contributed by atoms with Gasteiger partial charge in [-0.2, -0.15) is 0 Å². The van der Waals surface area contributed by atoms with Crippen LogP contribution < -0.4 is 11.1 Å². The Labute approximate surface area is 105 Å². The Bertz CT molecular complexity index is 389. The first-order valence-electron chi connectivity index (χ1n) is 5.69. The Morgan fingerprint density at radius 2 is 2.35 bits per heavy atom. The molecule has 0 aromatic heterocycles. The van der Waals surface area contributed by atoms with Crippen LogP contribution in [0.5, 0.6) is 0 Å². The third-order valence-electron chi connectivity index (χ3n) is 2.99. The molecule has 94 valence electrons. The van der Waals surface area contributed by atoms with Gasteiger partial charge in [-0.3, -0.25) is 0 Å². The lowest BCUT2D eigenvalue weighted by atomic mass is 9.95. The molecule has 0 spiro atoms. The second-order valence-electron chi connectivity index (χ2n) is 4.16. The van der Waals surface area contributed by atoms with E-state index >= 15 is 0 Å². The SMILES string of the molecule is NCC1CNCCOC1c1ccc(Cl)c(F)c1. The van der Waals surface area contributed by atoms with E-state index in [0.717, 1.165) is 18.7 Å². The number of rotatable bonds is 2. The normalized spacial score (nSPS) is 25.6. The number of hydrogen-bond donors (Lipinski definition) is 2. The standard InChI is InChI=1S/C12H16ClFN2O/c13-10-2-1-8(5-11(10)14)12-9(6-15)7-16-3-4-17-12/h1-2,5,9,12,16H,3-4,6-7,15H2. The minimum Gasteiger partial charge on any atom is -0.372 e. The topological polar surface area (TPSA) is 47.3 Å². The molecule has 0 amide bonds. The molecule has 2 unspecified atom stereocenters. The molecule has 0 radical (unpaired) electrons. The van der Waals surface area contributed by atoms with Gasteiger partial charge < -0.3 is 15.8 Å². The van der Waals surface area contributed by atoms with Crippen molar-refractivity contribution in [2.45, 2.75) is 6.10 Å². The molecular weight excluding hydrogens is 243 g/mol. The number of halogens is 2. The maximum Gasteiger partial charge on any atom is 0.142 e. The maximum absolute atomic E-state index is 13.4. The Hall–Kier alpha value is -0.680. The molecule has 1 heterocycles. The summed E-state index contributed by atoms with van der Waals surface area (Å²) >= 11 is 5.67. The molecule has 2 atom stereocenters. The quantitative estimate of drug-likeness (QED) is 0.849. The first-order chi connectivity index (χ1) is 8.22. The monoisotopic (exact) mass is 258 g/mol. The summed E-state index contributed by atoms with van der Waals surface area (Å²) < 4.78 is 19.2. The first kappa shape index (κ1) is 12.8. The molecule has 1 aliphatic heterocycles. The molecule has 2 rings (SSSR count). The molecule has 3 nitrogen and oxygen atoms in total. The van der Waals surface area contributed by atoms with Gasteiger partial charge in [0.15, 0.2) is 0 Å². The summed E-state index contributed by atoms with van der Waals surface area (Å²) in [7, 11) is 0.